The average molecular weight is 290 g/mol. The summed E-state index contributed by atoms with van der Waals surface area (Å²) in [4.78, 5) is 32.7. The lowest BCUT2D eigenvalue weighted by molar-refractivity contribution is -0.384. The summed E-state index contributed by atoms with van der Waals surface area (Å²) in [5.41, 5.74) is 5.05. The summed E-state index contributed by atoms with van der Waals surface area (Å²) < 4.78 is 1.12. The molecule has 0 spiro atoms. The number of nitrogens with zero attached hydrogens (tertiary/aromatic N) is 4. The third-order valence-corrected chi connectivity index (χ3v) is 2.40. The highest BCUT2D eigenvalue weighted by Gasteiger charge is 2.13. The van der Waals surface area contributed by atoms with E-state index in [1.54, 1.807) is 0 Å². The summed E-state index contributed by atoms with van der Waals surface area (Å²) in [6.07, 6.45) is 1.25. The van der Waals surface area contributed by atoms with Gasteiger partial charge in [0.1, 0.15) is 6.54 Å². The number of non-ortho nitro benzene ring substituents is 1. The lowest BCUT2D eigenvalue weighted by Gasteiger charge is -2.02. The van der Waals surface area contributed by atoms with Gasteiger partial charge in [0.2, 0.25) is 5.91 Å². The van der Waals surface area contributed by atoms with Crippen LogP contribution in [-0.2, 0) is 11.3 Å². The van der Waals surface area contributed by atoms with Crippen LogP contribution >= 0.6 is 0 Å². The maximum Gasteiger partial charge on any atom is 0.277 e. The van der Waals surface area contributed by atoms with Crippen molar-refractivity contribution in [3.63, 3.8) is 0 Å². The number of nitrogens with two attached hydrogens (primary N) is 1. The first-order valence-electron chi connectivity index (χ1n) is 5.70. The molecule has 1 aromatic heterocycles. The Balaban J connectivity index is 2.10. The molecule has 1 aromatic carbocycles. The molecule has 0 bridgehead atoms. The highest BCUT2D eigenvalue weighted by Crippen LogP contribution is 2.17. The van der Waals surface area contributed by atoms with Crippen LogP contribution in [0.2, 0.25) is 0 Å². The number of hydrogen-bond acceptors (Lipinski definition) is 6. The van der Waals surface area contributed by atoms with E-state index in [1.165, 1.54) is 30.5 Å². The molecule has 0 atom stereocenters. The number of nitro groups is 1. The Morgan fingerprint density at radius 1 is 1.43 bits per heavy atom. The summed E-state index contributed by atoms with van der Waals surface area (Å²) in [5.74, 6) is -1.23. The van der Waals surface area contributed by atoms with E-state index in [0.717, 1.165) is 4.68 Å². The molecule has 1 heterocycles. The van der Waals surface area contributed by atoms with E-state index in [1.807, 2.05) is 0 Å². The Bertz CT molecular complexity index is 710. The standard InChI is InChI=1S/C11H10N6O4/c12-10(18)6-16-5-9(14-15-16)11(19)13-7-2-1-3-8(4-7)17(20)21/h1-5H,6H2,(H2,12,18)(H,13,19). The largest absolute Gasteiger partial charge is 0.368 e. The molecule has 21 heavy (non-hydrogen) atoms. The van der Waals surface area contributed by atoms with Crippen LogP contribution < -0.4 is 11.1 Å². The van der Waals surface area contributed by atoms with Gasteiger partial charge in [0.15, 0.2) is 5.69 Å². The highest BCUT2D eigenvalue weighted by molar-refractivity contribution is 6.02. The minimum absolute atomic E-state index is 0.0391. The van der Waals surface area contributed by atoms with Gasteiger partial charge in [-0.25, -0.2) is 4.68 Å². The second-order valence-corrected chi connectivity index (χ2v) is 4.03. The smallest absolute Gasteiger partial charge is 0.277 e. The molecule has 0 aliphatic heterocycles. The fourth-order valence-corrected chi connectivity index (χ4v) is 1.53. The lowest BCUT2D eigenvalue weighted by atomic mass is 10.2. The van der Waals surface area contributed by atoms with E-state index in [4.69, 9.17) is 5.73 Å². The van der Waals surface area contributed by atoms with Crippen LogP contribution in [-0.4, -0.2) is 31.7 Å². The minimum Gasteiger partial charge on any atom is -0.368 e. The van der Waals surface area contributed by atoms with Crippen LogP contribution in [0.1, 0.15) is 10.5 Å². The lowest BCUT2D eigenvalue weighted by Crippen LogP contribution is -2.19. The van der Waals surface area contributed by atoms with Crippen molar-refractivity contribution >= 4 is 23.2 Å². The van der Waals surface area contributed by atoms with Crippen LogP contribution in [0.3, 0.4) is 0 Å². The Morgan fingerprint density at radius 3 is 2.86 bits per heavy atom. The Hall–Kier alpha value is -3.30. The maximum atomic E-state index is 11.9. The number of hydrogen-bond donors (Lipinski definition) is 2. The average Bonchev–Trinajstić information content (AvgIpc) is 2.86. The fourth-order valence-electron chi connectivity index (χ4n) is 1.53. The van der Waals surface area contributed by atoms with Gasteiger partial charge in [-0.1, -0.05) is 11.3 Å². The molecule has 108 valence electrons. The molecule has 0 aliphatic rings. The van der Waals surface area contributed by atoms with E-state index >= 15 is 0 Å². The predicted molar refractivity (Wildman–Crippen MR) is 70.3 cm³/mol. The van der Waals surface area contributed by atoms with Gasteiger partial charge in [0.25, 0.3) is 11.6 Å². The van der Waals surface area contributed by atoms with E-state index in [2.05, 4.69) is 15.6 Å². The number of carbonyl (C=O) groups excluding carboxylic acids is 2. The van der Waals surface area contributed by atoms with Crippen molar-refractivity contribution < 1.29 is 14.5 Å². The van der Waals surface area contributed by atoms with Crippen LogP contribution in [0.5, 0.6) is 0 Å². The molecule has 0 unspecified atom stereocenters. The Kier molecular flexibility index (Phi) is 3.88. The zero-order valence-electron chi connectivity index (χ0n) is 10.6. The first-order chi connectivity index (χ1) is 9.95. The van der Waals surface area contributed by atoms with Gasteiger partial charge in [-0.3, -0.25) is 19.7 Å². The van der Waals surface area contributed by atoms with Gasteiger partial charge in [0, 0.05) is 17.8 Å². The van der Waals surface area contributed by atoms with Crippen LogP contribution in [0.25, 0.3) is 0 Å². The second kappa shape index (κ2) is 5.77. The van der Waals surface area contributed by atoms with E-state index in [9.17, 15) is 19.7 Å². The van der Waals surface area contributed by atoms with Gasteiger partial charge >= 0.3 is 0 Å². The molecule has 0 radical (unpaired) electrons. The number of amides is 2. The van der Waals surface area contributed by atoms with Crippen molar-refractivity contribution in [2.75, 3.05) is 5.32 Å². The van der Waals surface area contributed by atoms with Gasteiger partial charge in [-0.2, -0.15) is 0 Å². The second-order valence-electron chi connectivity index (χ2n) is 4.03. The molecule has 3 N–H and O–H groups in total. The molecule has 2 rings (SSSR count). The first kappa shape index (κ1) is 14.1. The normalized spacial score (nSPS) is 10.1. The van der Waals surface area contributed by atoms with Crippen LogP contribution in [0.4, 0.5) is 11.4 Å². The summed E-state index contributed by atoms with van der Waals surface area (Å²) in [6, 6.07) is 5.46. The van der Waals surface area contributed by atoms with Crippen molar-refractivity contribution in [1.29, 1.82) is 0 Å². The van der Waals surface area contributed by atoms with Gasteiger partial charge < -0.3 is 11.1 Å². The number of anilines is 1. The van der Waals surface area contributed by atoms with E-state index in [-0.39, 0.29) is 23.6 Å². The third kappa shape index (κ3) is 3.59. The number of rotatable bonds is 5. The maximum absolute atomic E-state index is 11.9. The summed E-state index contributed by atoms with van der Waals surface area (Å²) in [5, 5.41) is 20.2. The molecule has 2 aromatic rings. The van der Waals surface area contributed by atoms with Crippen LogP contribution in [0, 0.1) is 10.1 Å². The molecule has 0 saturated heterocycles. The summed E-state index contributed by atoms with van der Waals surface area (Å²) >= 11 is 0. The molecule has 10 nitrogen and oxygen atoms in total. The monoisotopic (exact) mass is 290 g/mol. The predicted octanol–water partition coefficient (Wildman–Crippen LogP) is -0.0761. The van der Waals surface area contributed by atoms with Crippen molar-refractivity contribution in [3.8, 4) is 0 Å². The molecule has 0 aliphatic carbocycles. The van der Waals surface area contributed by atoms with E-state index < -0.39 is 16.7 Å². The molecular formula is C11H10N6O4. The fraction of sp³-hybridized carbons (Fsp3) is 0.0909. The molecule has 10 heteroatoms. The summed E-state index contributed by atoms with van der Waals surface area (Å²) in [7, 11) is 0. The molecular weight excluding hydrogens is 280 g/mol. The van der Waals surface area contributed by atoms with Gasteiger partial charge in [-0.05, 0) is 6.07 Å². The van der Waals surface area contributed by atoms with Gasteiger partial charge in [-0.15, -0.1) is 5.10 Å². The number of nitro benzene ring substituents is 1. The Labute approximate surface area is 117 Å². The SMILES string of the molecule is NC(=O)Cn1cc(C(=O)Nc2cccc([N+](=O)[O-])c2)nn1. The Morgan fingerprint density at radius 2 is 2.19 bits per heavy atom. The van der Waals surface area contributed by atoms with Crippen molar-refractivity contribution in [3.05, 3.63) is 46.3 Å². The van der Waals surface area contributed by atoms with Crippen molar-refractivity contribution in [2.45, 2.75) is 6.54 Å². The van der Waals surface area contributed by atoms with Gasteiger partial charge in [0.05, 0.1) is 11.1 Å². The van der Waals surface area contributed by atoms with Crippen LogP contribution in [0.15, 0.2) is 30.5 Å². The zero-order chi connectivity index (χ0) is 15.4. The first-order valence-corrected chi connectivity index (χ1v) is 5.70. The summed E-state index contributed by atoms with van der Waals surface area (Å²) in [6.45, 7) is -0.197. The number of nitrogens with one attached hydrogen (secondary N) is 1. The minimum atomic E-state index is -0.620. The van der Waals surface area contributed by atoms with E-state index in [0.29, 0.717) is 0 Å². The van der Waals surface area contributed by atoms with Crippen molar-refractivity contribution in [2.24, 2.45) is 5.73 Å². The zero-order valence-corrected chi connectivity index (χ0v) is 10.6. The molecule has 2 amide bonds. The number of carbonyl (C=O) groups is 2. The molecule has 0 saturated carbocycles. The third-order valence-electron chi connectivity index (χ3n) is 2.40. The molecule has 0 fully saturated rings. The number of aromatic nitrogens is 3. The number of primary amides is 1. The topological polar surface area (TPSA) is 146 Å². The van der Waals surface area contributed by atoms with Crippen molar-refractivity contribution in [1.82, 2.24) is 15.0 Å². The highest BCUT2D eigenvalue weighted by atomic mass is 16.6. The number of benzene rings is 1. The quantitative estimate of drug-likeness (QED) is 0.581.